The molecule has 5 nitrogen and oxygen atoms in total. The van der Waals surface area contributed by atoms with Crippen molar-refractivity contribution in [2.75, 3.05) is 12.8 Å². The number of amides is 1. The number of likely N-dealkylation sites (N-methyl/N-ethyl adjacent to an activating group) is 1. The van der Waals surface area contributed by atoms with Crippen LogP contribution in [0.5, 0.6) is 0 Å². The molecule has 0 spiro atoms. The van der Waals surface area contributed by atoms with E-state index in [9.17, 15) is 9.59 Å². The van der Waals surface area contributed by atoms with Crippen molar-refractivity contribution in [3.63, 3.8) is 0 Å². The van der Waals surface area contributed by atoms with Crippen LogP contribution >= 0.6 is 11.8 Å². The van der Waals surface area contributed by atoms with Gasteiger partial charge in [-0.3, -0.25) is 4.79 Å². The molecule has 1 unspecified atom stereocenters. The van der Waals surface area contributed by atoms with Gasteiger partial charge in [0.25, 0.3) is 0 Å². The second-order valence-electron chi connectivity index (χ2n) is 5.41. The van der Waals surface area contributed by atoms with Gasteiger partial charge in [0, 0.05) is 37.0 Å². The quantitative estimate of drug-likeness (QED) is 0.636. The van der Waals surface area contributed by atoms with E-state index in [-0.39, 0.29) is 24.0 Å². The Kier molecular flexibility index (Phi) is 4.98. The molecular formula is C15H22N2O3S. The van der Waals surface area contributed by atoms with Gasteiger partial charge in [0.05, 0.1) is 16.7 Å². The Bertz CT molecular complexity index is 511. The summed E-state index contributed by atoms with van der Waals surface area (Å²) in [5, 5.41) is 3.57. The smallest absolute Gasteiger partial charge is 0.337 e. The third kappa shape index (κ3) is 3.26. The van der Waals surface area contributed by atoms with Crippen molar-refractivity contribution < 1.29 is 14.3 Å². The molecule has 1 N–H and O–H groups in total. The Labute approximate surface area is 129 Å². The maximum absolute atomic E-state index is 12.2. The van der Waals surface area contributed by atoms with Gasteiger partial charge in [0.2, 0.25) is 5.91 Å². The number of nitrogens with zero attached hydrogens (tertiary/aromatic N) is 1. The number of nitrogens with one attached hydrogen (secondary N) is 1. The predicted octanol–water partition coefficient (Wildman–Crippen LogP) is 2.01. The van der Waals surface area contributed by atoms with Gasteiger partial charge < -0.3 is 15.0 Å². The van der Waals surface area contributed by atoms with E-state index in [1.807, 2.05) is 13.8 Å². The molecule has 2 rings (SSSR count). The van der Waals surface area contributed by atoms with Crippen LogP contribution in [0.25, 0.3) is 0 Å². The van der Waals surface area contributed by atoms with Crippen LogP contribution < -0.4 is 5.32 Å². The average molecular weight is 310 g/mol. The molecule has 0 bridgehead atoms. The standard InChI is InChI=1S/C15H22N2O3S/c1-5-10-6-12(15(19)20-9(2)3)14-17(10)11(8-21-14)7-13(18)16-4/h7,9-10H,5-6,8H2,1-4H3,(H,16,18). The molecule has 2 heterocycles. The van der Waals surface area contributed by atoms with E-state index in [0.717, 1.165) is 28.5 Å². The zero-order chi connectivity index (χ0) is 15.6. The van der Waals surface area contributed by atoms with Crippen LogP contribution in [0.3, 0.4) is 0 Å². The summed E-state index contributed by atoms with van der Waals surface area (Å²) >= 11 is 1.61. The van der Waals surface area contributed by atoms with Crippen LogP contribution in [0.15, 0.2) is 22.4 Å². The number of ether oxygens (including phenoxy) is 1. The van der Waals surface area contributed by atoms with Crippen molar-refractivity contribution in [2.24, 2.45) is 0 Å². The fourth-order valence-corrected chi connectivity index (χ4v) is 3.83. The Hall–Kier alpha value is -1.43. The molecule has 1 amide bonds. The molecule has 21 heavy (non-hydrogen) atoms. The first kappa shape index (κ1) is 15.9. The number of thioether (sulfide) groups is 1. The Morgan fingerprint density at radius 3 is 2.81 bits per heavy atom. The monoisotopic (exact) mass is 310 g/mol. The Morgan fingerprint density at radius 1 is 1.52 bits per heavy atom. The lowest BCUT2D eigenvalue weighted by molar-refractivity contribution is -0.142. The molecule has 0 aromatic carbocycles. The second-order valence-corrected chi connectivity index (χ2v) is 6.38. The molecule has 1 atom stereocenters. The molecule has 6 heteroatoms. The fraction of sp³-hybridized carbons (Fsp3) is 0.600. The van der Waals surface area contributed by atoms with Crippen molar-refractivity contribution in [1.29, 1.82) is 0 Å². The minimum absolute atomic E-state index is 0.111. The van der Waals surface area contributed by atoms with Gasteiger partial charge in [-0.1, -0.05) is 6.92 Å². The van der Waals surface area contributed by atoms with Gasteiger partial charge in [-0.25, -0.2) is 4.79 Å². The van der Waals surface area contributed by atoms with E-state index in [1.54, 1.807) is 24.9 Å². The number of carbonyl (C=O) groups is 2. The van der Waals surface area contributed by atoms with Crippen molar-refractivity contribution in [1.82, 2.24) is 10.2 Å². The Morgan fingerprint density at radius 2 is 2.24 bits per heavy atom. The van der Waals surface area contributed by atoms with Crippen LogP contribution in [0.2, 0.25) is 0 Å². The molecule has 2 aliphatic heterocycles. The number of carbonyl (C=O) groups excluding carboxylic acids is 2. The molecule has 0 aromatic rings. The zero-order valence-corrected chi connectivity index (χ0v) is 13.8. The first-order valence-corrected chi connectivity index (χ1v) is 8.24. The molecule has 0 radical (unpaired) electrons. The van der Waals surface area contributed by atoms with Gasteiger partial charge in [-0.2, -0.15) is 0 Å². The SMILES string of the molecule is CCC1CC(C(=O)OC(C)C)=C2SCC(=CC(=O)NC)N21. The average Bonchev–Trinajstić information content (AvgIpc) is 2.98. The zero-order valence-electron chi connectivity index (χ0n) is 12.9. The summed E-state index contributed by atoms with van der Waals surface area (Å²) in [5.74, 6) is 0.382. The largest absolute Gasteiger partial charge is 0.460 e. The summed E-state index contributed by atoms with van der Waals surface area (Å²) in [5.41, 5.74) is 1.72. The first-order chi connectivity index (χ1) is 9.97. The molecular weight excluding hydrogens is 288 g/mol. The van der Waals surface area contributed by atoms with Crippen molar-refractivity contribution in [3.05, 3.63) is 22.4 Å². The fourth-order valence-electron chi connectivity index (χ4n) is 2.58. The van der Waals surface area contributed by atoms with Crippen LogP contribution in [0.4, 0.5) is 0 Å². The van der Waals surface area contributed by atoms with E-state index in [4.69, 9.17) is 4.74 Å². The van der Waals surface area contributed by atoms with Gasteiger partial charge in [-0.05, 0) is 20.3 Å². The highest BCUT2D eigenvalue weighted by Crippen LogP contribution is 2.46. The summed E-state index contributed by atoms with van der Waals surface area (Å²) in [7, 11) is 1.62. The summed E-state index contributed by atoms with van der Waals surface area (Å²) in [4.78, 5) is 25.9. The molecule has 0 aliphatic carbocycles. The maximum atomic E-state index is 12.2. The van der Waals surface area contributed by atoms with E-state index in [1.165, 1.54) is 0 Å². The summed E-state index contributed by atoms with van der Waals surface area (Å²) in [6, 6.07) is 0.237. The number of hydrogen-bond donors (Lipinski definition) is 1. The van der Waals surface area contributed by atoms with E-state index >= 15 is 0 Å². The van der Waals surface area contributed by atoms with Gasteiger partial charge in [0.1, 0.15) is 0 Å². The van der Waals surface area contributed by atoms with Crippen LogP contribution in [-0.4, -0.2) is 41.7 Å². The van der Waals surface area contributed by atoms with Gasteiger partial charge >= 0.3 is 5.97 Å². The lowest BCUT2D eigenvalue weighted by Gasteiger charge is -2.24. The third-order valence-electron chi connectivity index (χ3n) is 3.55. The molecule has 1 saturated heterocycles. The Balaban J connectivity index is 2.28. The highest BCUT2D eigenvalue weighted by atomic mass is 32.2. The summed E-state index contributed by atoms with van der Waals surface area (Å²) in [6.45, 7) is 5.80. The molecule has 2 aliphatic rings. The number of hydrogen-bond acceptors (Lipinski definition) is 5. The van der Waals surface area contributed by atoms with Crippen LogP contribution in [0.1, 0.15) is 33.6 Å². The topological polar surface area (TPSA) is 58.6 Å². The number of rotatable bonds is 4. The summed E-state index contributed by atoms with van der Waals surface area (Å²) in [6.07, 6.45) is 3.12. The predicted molar refractivity (Wildman–Crippen MR) is 83.4 cm³/mol. The molecule has 1 fully saturated rings. The molecule has 116 valence electrons. The lowest BCUT2D eigenvalue weighted by Crippen LogP contribution is -2.27. The van der Waals surface area contributed by atoms with E-state index < -0.39 is 0 Å². The lowest BCUT2D eigenvalue weighted by atomic mass is 10.1. The third-order valence-corrected chi connectivity index (χ3v) is 4.71. The van der Waals surface area contributed by atoms with Crippen LogP contribution in [0, 0.1) is 0 Å². The maximum Gasteiger partial charge on any atom is 0.337 e. The second kappa shape index (κ2) is 6.56. The van der Waals surface area contributed by atoms with Crippen LogP contribution in [-0.2, 0) is 14.3 Å². The van der Waals surface area contributed by atoms with E-state index in [0.29, 0.717) is 6.42 Å². The highest BCUT2D eigenvalue weighted by molar-refractivity contribution is 8.03. The van der Waals surface area contributed by atoms with Crippen molar-refractivity contribution >= 4 is 23.6 Å². The minimum atomic E-state index is -0.227. The van der Waals surface area contributed by atoms with Crippen molar-refractivity contribution in [3.8, 4) is 0 Å². The van der Waals surface area contributed by atoms with Crippen molar-refractivity contribution in [2.45, 2.75) is 45.8 Å². The van der Waals surface area contributed by atoms with E-state index in [2.05, 4.69) is 17.1 Å². The first-order valence-electron chi connectivity index (χ1n) is 7.26. The summed E-state index contributed by atoms with van der Waals surface area (Å²) < 4.78 is 5.34. The molecule has 0 saturated carbocycles. The van der Waals surface area contributed by atoms with Gasteiger partial charge in [-0.15, -0.1) is 11.8 Å². The molecule has 0 aromatic heterocycles. The number of esters is 1. The number of fused-ring (bicyclic) bond motifs is 1. The van der Waals surface area contributed by atoms with Gasteiger partial charge in [0.15, 0.2) is 0 Å². The highest BCUT2D eigenvalue weighted by Gasteiger charge is 2.40. The normalized spacial score (nSPS) is 23.0. The minimum Gasteiger partial charge on any atom is -0.460 e.